The first-order chi connectivity index (χ1) is 7.20. The molecule has 0 spiro atoms. The van der Waals surface area contributed by atoms with Crippen LogP contribution in [0.3, 0.4) is 0 Å². The van der Waals surface area contributed by atoms with Gasteiger partial charge in [0.25, 0.3) is 0 Å². The quantitative estimate of drug-likeness (QED) is 0.826. The van der Waals surface area contributed by atoms with Crippen molar-refractivity contribution >= 4 is 11.6 Å². The van der Waals surface area contributed by atoms with Crippen LogP contribution in [0.5, 0.6) is 0 Å². The van der Waals surface area contributed by atoms with E-state index in [-0.39, 0.29) is 17.6 Å². The van der Waals surface area contributed by atoms with E-state index in [0.29, 0.717) is 11.5 Å². The summed E-state index contributed by atoms with van der Waals surface area (Å²) < 4.78 is 12.7. The average Bonchev–Trinajstić information content (AvgIpc) is 2.61. The highest BCUT2D eigenvalue weighted by Gasteiger charge is 2.08. The van der Waals surface area contributed by atoms with Gasteiger partial charge in [0.2, 0.25) is 0 Å². The molecule has 0 unspecified atom stereocenters. The number of aromatic amines is 1. The standard InChI is InChI=1S/C10H8ClFN2O/c11-9-8(5-15)13-10(14-9)6-1-3-7(12)4-2-6/h1-4,15H,5H2,(H,13,14). The predicted molar refractivity (Wildman–Crippen MR) is 54.9 cm³/mol. The van der Waals surface area contributed by atoms with E-state index in [1.807, 2.05) is 0 Å². The van der Waals surface area contributed by atoms with Crippen molar-refractivity contribution in [3.05, 3.63) is 40.9 Å². The third-order valence-electron chi connectivity index (χ3n) is 2.00. The van der Waals surface area contributed by atoms with Crippen molar-refractivity contribution < 1.29 is 9.50 Å². The normalized spacial score (nSPS) is 10.6. The Bertz CT molecular complexity index is 467. The Hall–Kier alpha value is -1.39. The van der Waals surface area contributed by atoms with Crippen molar-refractivity contribution in [1.82, 2.24) is 9.97 Å². The third kappa shape index (κ3) is 2.00. The monoisotopic (exact) mass is 226 g/mol. The van der Waals surface area contributed by atoms with Gasteiger partial charge in [-0.15, -0.1) is 0 Å². The van der Waals surface area contributed by atoms with Gasteiger partial charge in [0.1, 0.15) is 11.6 Å². The first-order valence-electron chi connectivity index (χ1n) is 4.32. The predicted octanol–water partition coefficient (Wildman–Crippen LogP) is 2.36. The number of rotatable bonds is 2. The molecule has 0 fully saturated rings. The Morgan fingerprint density at radius 3 is 2.53 bits per heavy atom. The Morgan fingerprint density at radius 1 is 1.33 bits per heavy atom. The van der Waals surface area contributed by atoms with Gasteiger partial charge in [0.05, 0.1) is 12.3 Å². The highest BCUT2D eigenvalue weighted by molar-refractivity contribution is 6.30. The maximum absolute atomic E-state index is 12.7. The SMILES string of the molecule is OCc1[nH]c(-c2ccc(F)cc2)nc1Cl. The van der Waals surface area contributed by atoms with E-state index in [1.54, 1.807) is 12.1 Å². The van der Waals surface area contributed by atoms with Crippen molar-refractivity contribution in [1.29, 1.82) is 0 Å². The average molecular weight is 227 g/mol. The number of aromatic nitrogens is 2. The number of nitrogens with one attached hydrogen (secondary N) is 1. The van der Waals surface area contributed by atoms with Crippen LogP contribution in [-0.4, -0.2) is 15.1 Å². The number of halogens is 2. The number of hydrogen-bond acceptors (Lipinski definition) is 2. The van der Waals surface area contributed by atoms with Crippen LogP contribution >= 0.6 is 11.6 Å². The summed E-state index contributed by atoms with van der Waals surface area (Å²) in [6, 6.07) is 5.85. The minimum atomic E-state index is -0.307. The minimum absolute atomic E-state index is 0.201. The zero-order valence-electron chi connectivity index (χ0n) is 7.67. The van der Waals surface area contributed by atoms with Gasteiger partial charge in [-0.3, -0.25) is 0 Å². The number of H-pyrrole nitrogens is 1. The summed E-state index contributed by atoms with van der Waals surface area (Å²) in [7, 11) is 0. The van der Waals surface area contributed by atoms with Crippen molar-refractivity contribution in [2.75, 3.05) is 0 Å². The van der Waals surface area contributed by atoms with Crippen molar-refractivity contribution in [2.24, 2.45) is 0 Å². The molecule has 0 aliphatic carbocycles. The summed E-state index contributed by atoms with van der Waals surface area (Å²) in [4.78, 5) is 6.86. The van der Waals surface area contributed by atoms with Crippen molar-refractivity contribution in [2.45, 2.75) is 6.61 Å². The number of imidazole rings is 1. The zero-order valence-corrected chi connectivity index (χ0v) is 8.42. The molecule has 0 saturated heterocycles. The van der Waals surface area contributed by atoms with E-state index in [9.17, 15) is 4.39 Å². The molecule has 0 amide bonds. The number of benzene rings is 1. The molecular weight excluding hydrogens is 219 g/mol. The molecule has 0 bridgehead atoms. The maximum atomic E-state index is 12.7. The number of nitrogens with zero attached hydrogens (tertiary/aromatic N) is 1. The Morgan fingerprint density at radius 2 is 2.00 bits per heavy atom. The van der Waals surface area contributed by atoms with Gasteiger partial charge in [-0.05, 0) is 24.3 Å². The number of aliphatic hydroxyl groups is 1. The maximum Gasteiger partial charge on any atom is 0.153 e. The third-order valence-corrected chi connectivity index (χ3v) is 2.32. The molecule has 5 heteroatoms. The molecule has 0 atom stereocenters. The molecule has 1 heterocycles. The zero-order chi connectivity index (χ0) is 10.8. The lowest BCUT2D eigenvalue weighted by atomic mass is 10.2. The fourth-order valence-electron chi connectivity index (χ4n) is 1.24. The van der Waals surface area contributed by atoms with Gasteiger partial charge >= 0.3 is 0 Å². The van der Waals surface area contributed by atoms with Crippen LogP contribution in [0.1, 0.15) is 5.69 Å². The molecule has 1 aromatic carbocycles. The van der Waals surface area contributed by atoms with E-state index in [4.69, 9.17) is 16.7 Å². The van der Waals surface area contributed by atoms with Crippen LogP contribution in [0.25, 0.3) is 11.4 Å². The van der Waals surface area contributed by atoms with Gasteiger partial charge in [0, 0.05) is 5.56 Å². The van der Waals surface area contributed by atoms with Crippen LogP contribution in [0, 0.1) is 5.82 Å². The van der Waals surface area contributed by atoms with Crippen molar-refractivity contribution in [3.63, 3.8) is 0 Å². The van der Waals surface area contributed by atoms with Crippen LogP contribution in [0.4, 0.5) is 4.39 Å². The molecule has 2 aromatic rings. The van der Waals surface area contributed by atoms with Crippen LogP contribution in [0.2, 0.25) is 5.15 Å². The molecule has 15 heavy (non-hydrogen) atoms. The molecular formula is C10H8ClFN2O. The first kappa shape index (κ1) is 10.1. The molecule has 2 N–H and O–H groups in total. The van der Waals surface area contributed by atoms with Gasteiger partial charge in [-0.2, -0.15) is 0 Å². The molecule has 1 aromatic heterocycles. The Labute approximate surface area is 90.5 Å². The summed E-state index contributed by atoms with van der Waals surface area (Å²) in [5.41, 5.74) is 1.17. The lowest BCUT2D eigenvalue weighted by Crippen LogP contribution is -1.84. The summed E-state index contributed by atoms with van der Waals surface area (Å²) in [5.74, 6) is 0.211. The van der Waals surface area contributed by atoms with Gasteiger partial charge in [-0.1, -0.05) is 11.6 Å². The fourth-order valence-corrected chi connectivity index (χ4v) is 1.43. The lowest BCUT2D eigenvalue weighted by molar-refractivity contribution is 0.277. The van der Waals surface area contributed by atoms with E-state index < -0.39 is 0 Å². The van der Waals surface area contributed by atoms with E-state index in [1.165, 1.54) is 12.1 Å². The van der Waals surface area contributed by atoms with Gasteiger partial charge < -0.3 is 10.1 Å². The molecule has 2 rings (SSSR count). The second-order valence-corrected chi connectivity index (χ2v) is 3.38. The summed E-state index contributed by atoms with van der Waals surface area (Å²) in [5, 5.41) is 9.14. The number of aliphatic hydroxyl groups excluding tert-OH is 1. The minimum Gasteiger partial charge on any atom is -0.390 e. The fraction of sp³-hybridized carbons (Fsp3) is 0.100. The molecule has 0 aliphatic heterocycles. The largest absolute Gasteiger partial charge is 0.390 e. The lowest BCUT2D eigenvalue weighted by Gasteiger charge is -1.95. The highest BCUT2D eigenvalue weighted by Crippen LogP contribution is 2.21. The highest BCUT2D eigenvalue weighted by atomic mass is 35.5. The van der Waals surface area contributed by atoms with Gasteiger partial charge in [0.15, 0.2) is 5.15 Å². The van der Waals surface area contributed by atoms with E-state index >= 15 is 0 Å². The Balaban J connectivity index is 2.41. The summed E-state index contributed by atoms with van der Waals surface area (Å²) >= 11 is 5.75. The molecule has 0 radical (unpaired) electrons. The van der Waals surface area contributed by atoms with E-state index in [0.717, 1.165) is 5.56 Å². The van der Waals surface area contributed by atoms with Crippen LogP contribution in [0.15, 0.2) is 24.3 Å². The second kappa shape index (κ2) is 4.00. The van der Waals surface area contributed by atoms with Crippen LogP contribution in [-0.2, 0) is 6.61 Å². The first-order valence-corrected chi connectivity index (χ1v) is 4.69. The van der Waals surface area contributed by atoms with E-state index in [2.05, 4.69) is 9.97 Å². The smallest absolute Gasteiger partial charge is 0.153 e. The summed E-state index contributed by atoms with van der Waals surface area (Å²) in [6.07, 6.45) is 0. The summed E-state index contributed by atoms with van der Waals surface area (Å²) in [6.45, 7) is -0.201. The van der Waals surface area contributed by atoms with Gasteiger partial charge in [-0.25, -0.2) is 9.37 Å². The van der Waals surface area contributed by atoms with Crippen molar-refractivity contribution in [3.8, 4) is 11.4 Å². The molecule has 3 nitrogen and oxygen atoms in total. The van der Waals surface area contributed by atoms with Crippen LogP contribution < -0.4 is 0 Å². The number of hydrogen-bond donors (Lipinski definition) is 2. The topological polar surface area (TPSA) is 48.9 Å². The second-order valence-electron chi connectivity index (χ2n) is 3.02. The molecule has 78 valence electrons. The Kier molecular flexibility index (Phi) is 2.70. The molecule has 0 saturated carbocycles. The molecule has 0 aliphatic rings.